The largest absolute Gasteiger partial charge is 0.343 e. The van der Waals surface area contributed by atoms with E-state index in [0.29, 0.717) is 6.42 Å². The molecule has 0 aromatic carbocycles. The number of rotatable bonds is 8. The lowest BCUT2D eigenvalue weighted by Crippen LogP contribution is -2.33. The van der Waals surface area contributed by atoms with Crippen LogP contribution >= 0.6 is 0 Å². The van der Waals surface area contributed by atoms with Crippen molar-refractivity contribution < 1.29 is 4.79 Å². The predicted molar refractivity (Wildman–Crippen MR) is 59.0 cm³/mol. The van der Waals surface area contributed by atoms with Crippen molar-refractivity contribution in [3.05, 3.63) is 0 Å². The van der Waals surface area contributed by atoms with Crippen LogP contribution in [0, 0.1) is 0 Å². The molecule has 3 heteroatoms. The Balaban J connectivity index is 3.88. The highest BCUT2D eigenvalue weighted by molar-refractivity contribution is 5.76. The number of nitrogens with one attached hydrogen (secondary N) is 1. The van der Waals surface area contributed by atoms with Gasteiger partial charge >= 0.3 is 0 Å². The van der Waals surface area contributed by atoms with Gasteiger partial charge in [-0.05, 0) is 12.8 Å². The molecule has 0 spiro atoms. The van der Waals surface area contributed by atoms with Gasteiger partial charge in [0.05, 0.1) is 0 Å². The molecule has 1 N–H and O–H groups in total. The molecule has 0 aliphatic heterocycles. The van der Waals surface area contributed by atoms with E-state index in [4.69, 9.17) is 5.73 Å². The van der Waals surface area contributed by atoms with Crippen molar-refractivity contribution in [3.63, 3.8) is 0 Å². The normalized spacial score (nSPS) is 10.2. The molecule has 0 aliphatic carbocycles. The molecule has 0 aliphatic rings. The van der Waals surface area contributed by atoms with E-state index in [1.54, 1.807) is 0 Å². The number of nitrogens with zero attached hydrogens (tertiary/aromatic N) is 1. The maximum atomic E-state index is 11.6. The molecule has 0 fully saturated rings. The van der Waals surface area contributed by atoms with Crippen LogP contribution in [0.25, 0.3) is 0 Å². The molecule has 0 saturated carbocycles. The van der Waals surface area contributed by atoms with E-state index in [1.807, 2.05) is 4.90 Å². The second-order valence-electron chi connectivity index (χ2n) is 3.59. The summed E-state index contributed by atoms with van der Waals surface area (Å²) < 4.78 is 0. The summed E-state index contributed by atoms with van der Waals surface area (Å²) in [6.45, 7) is 6.22. The fourth-order valence-electron chi connectivity index (χ4n) is 1.32. The van der Waals surface area contributed by atoms with Gasteiger partial charge in [0, 0.05) is 26.1 Å². The molecule has 0 saturated heterocycles. The van der Waals surface area contributed by atoms with Crippen LogP contribution in [0.4, 0.5) is 0 Å². The Hall–Kier alpha value is -0.570. The second kappa shape index (κ2) is 9.00. The number of unbranched alkanes of at least 4 members (excludes halogenated alkanes) is 2. The summed E-state index contributed by atoms with van der Waals surface area (Å²) in [5, 5.41) is 0. The van der Waals surface area contributed by atoms with E-state index in [-0.39, 0.29) is 12.5 Å². The third kappa shape index (κ3) is 5.97. The van der Waals surface area contributed by atoms with Crippen LogP contribution in [-0.2, 0) is 4.79 Å². The minimum absolute atomic E-state index is 0.155. The zero-order valence-electron chi connectivity index (χ0n) is 9.51. The molecular formula is C11H23N2O. The first kappa shape index (κ1) is 13.4. The number of carbonyl (C=O) groups excluding carboxylic acids is 1. The third-order valence-electron chi connectivity index (χ3n) is 2.25. The standard InChI is InChI=1S/C11H23N2O/c1-3-5-9-13(10-6-4-2)11(14)7-8-12/h12H,3-10H2,1-2H3. The van der Waals surface area contributed by atoms with Crippen molar-refractivity contribution in [2.75, 3.05) is 19.6 Å². The summed E-state index contributed by atoms with van der Waals surface area (Å²) in [4.78, 5) is 13.5. The first-order valence-electron chi connectivity index (χ1n) is 5.68. The molecule has 0 heterocycles. The molecule has 0 rings (SSSR count). The number of carbonyl (C=O) groups is 1. The van der Waals surface area contributed by atoms with Gasteiger partial charge in [0.2, 0.25) is 5.91 Å². The molecule has 0 atom stereocenters. The molecule has 83 valence electrons. The summed E-state index contributed by atoms with van der Waals surface area (Å²) in [5.74, 6) is 0.155. The first-order chi connectivity index (χ1) is 6.76. The molecule has 0 bridgehead atoms. The van der Waals surface area contributed by atoms with Gasteiger partial charge in [-0.1, -0.05) is 26.7 Å². The Kier molecular flexibility index (Phi) is 8.64. The molecule has 1 amide bonds. The Bertz CT molecular complexity index is 140. The lowest BCUT2D eigenvalue weighted by Gasteiger charge is -2.22. The maximum Gasteiger partial charge on any atom is 0.223 e. The Labute approximate surface area is 87.6 Å². The predicted octanol–water partition coefficient (Wildman–Crippen LogP) is 2.09. The average Bonchev–Trinajstić information content (AvgIpc) is 2.18. The van der Waals surface area contributed by atoms with E-state index in [1.165, 1.54) is 0 Å². The Morgan fingerprint density at radius 1 is 1.14 bits per heavy atom. The molecule has 1 radical (unpaired) electrons. The molecule has 3 nitrogen and oxygen atoms in total. The number of amides is 1. The molecular weight excluding hydrogens is 176 g/mol. The van der Waals surface area contributed by atoms with Crippen molar-refractivity contribution in [2.24, 2.45) is 0 Å². The summed E-state index contributed by atoms with van der Waals surface area (Å²) in [7, 11) is 0. The van der Waals surface area contributed by atoms with Crippen LogP contribution in [0.2, 0.25) is 0 Å². The second-order valence-corrected chi connectivity index (χ2v) is 3.59. The zero-order valence-corrected chi connectivity index (χ0v) is 9.51. The van der Waals surface area contributed by atoms with Gasteiger partial charge in [-0.2, -0.15) is 0 Å². The molecule has 0 unspecified atom stereocenters. The van der Waals surface area contributed by atoms with Gasteiger partial charge < -0.3 is 4.90 Å². The maximum absolute atomic E-state index is 11.6. The SMILES string of the molecule is CCCCN(CCCC)C(=O)CC[NH]. The number of hydrogen-bond acceptors (Lipinski definition) is 1. The van der Waals surface area contributed by atoms with Gasteiger partial charge in [-0.25, -0.2) is 0 Å². The highest BCUT2D eigenvalue weighted by Gasteiger charge is 2.10. The average molecular weight is 199 g/mol. The van der Waals surface area contributed by atoms with Gasteiger partial charge in [0.25, 0.3) is 0 Å². The fraction of sp³-hybridized carbons (Fsp3) is 0.909. The summed E-state index contributed by atoms with van der Waals surface area (Å²) in [6.07, 6.45) is 4.78. The lowest BCUT2D eigenvalue weighted by molar-refractivity contribution is -0.131. The fourth-order valence-corrected chi connectivity index (χ4v) is 1.32. The Morgan fingerprint density at radius 3 is 2.00 bits per heavy atom. The molecule has 14 heavy (non-hydrogen) atoms. The van der Waals surface area contributed by atoms with Crippen molar-refractivity contribution in [3.8, 4) is 0 Å². The van der Waals surface area contributed by atoms with Crippen molar-refractivity contribution >= 4 is 5.91 Å². The Morgan fingerprint density at radius 2 is 1.64 bits per heavy atom. The van der Waals surface area contributed by atoms with Crippen molar-refractivity contribution in [1.29, 1.82) is 0 Å². The van der Waals surface area contributed by atoms with Gasteiger partial charge in [-0.3, -0.25) is 10.5 Å². The van der Waals surface area contributed by atoms with E-state index in [2.05, 4.69) is 13.8 Å². The zero-order chi connectivity index (χ0) is 10.8. The van der Waals surface area contributed by atoms with Gasteiger partial charge in [-0.15, -0.1) is 0 Å². The van der Waals surface area contributed by atoms with Crippen LogP contribution in [0.5, 0.6) is 0 Å². The van der Waals surface area contributed by atoms with Gasteiger partial charge in [0.1, 0.15) is 0 Å². The van der Waals surface area contributed by atoms with Crippen molar-refractivity contribution in [2.45, 2.75) is 46.0 Å². The smallest absolute Gasteiger partial charge is 0.223 e. The van der Waals surface area contributed by atoms with Crippen LogP contribution in [-0.4, -0.2) is 30.4 Å². The summed E-state index contributed by atoms with van der Waals surface area (Å²) >= 11 is 0. The van der Waals surface area contributed by atoms with Gasteiger partial charge in [0.15, 0.2) is 0 Å². The van der Waals surface area contributed by atoms with E-state index < -0.39 is 0 Å². The highest BCUT2D eigenvalue weighted by Crippen LogP contribution is 2.01. The summed E-state index contributed by atoms with van der Waals surface area (Å²) in [5.41, 5.74) is 7.03. The van der Waals surface area contributed by atoms with Crippen LogP contribution in [0.1, 0.15) is 46.0 Å². The van der Waals surface area contributed by atoms with Crippen molar-refractivity contribution in [1.82, 2.24) is 10.6 Å². The summed E-state index contributed by atoms with van der Waals surface area (Å²) in [6, 6.07) is 0. The van der Waals surface area contributed by atoms with E-state index >= 15 is 0 Å². The van der Waals surface area contributed by atoms with E-state index in [9.17, 15) is 4.79 Å². The van der Waals surface area contributed by atoms with Crippen LogP contribution in [0.15, 0.2) is 0 Å². The minimum Gasteiger partial charge on any atom is -0.343 e. The number of hydrogen-bond donors (Lipinski definition) is 0. The quantitative estimate of drug-likeness (QED) is 0.590. The lowest BCUT2D eigenvalue weighted by atomic mass is 10.2. The van der Waals surface area contributed by atoms with Crippen LogP contribution < -0.4 is 5.73 Å². The highest BCUT2D eigenvalue weighted by atomic mass is 16.2. The topological polar surface area (TPSA) is 44.1 Å². The molecule has 0 aromatic heterocycles. The monoisotopic (exact) mass is 199 g/mol. The molecule has 0 aromatic rings. The van der Waals surface area contributed by atoms with Crippen LogP contribution in [0.3, 0.4) is 0 Å². The third-order valence-corrected chi connectivity index (χ3v) is 2.25. The minimum atomic E-state index is 0.155. The first-order valence-corrected chi connectivity index (χ1v) is 5.68. The van der Waals surface area contributed by atoms with E-state index in [0.717, 1.165) is 38.8 Å².